The predicted molar refractivity (Wildman–Crippen MR) is 73.1 cm³/mol. The van der Waals surface area contributed by atoms with Gasteiger partial charge in [0.2, 0.25) is 6.33 Å². The minimum absolute atomic E-state index is 0.151. The van der Waals surface area contributed by atoms with Crippen molar-refractivity contribution in [3.63, 3.8) is 0 Å². The lowest BCUT2D eigenvalue weighted by molar-refractivity contribution is -0.645. The Morgan fingerprint density at radius 2 is 2.06 bits per heavy atom. The van der Waals surface area contributed by atoms with Crippen LogP contribution in [0, 0.1) is 10.1 Å². The molecule has 0 amide bonds. The average molecular weight is 264 g/mol. The maximum atomic E-state index is 10.8. The molecule has 1 heterocycles. The lowest BCUT2D eigenvalue weighted by atomic mass is 10.3. The van der Waals surface area contributed by atoms with E-state index in [0.29, 0.717) is 0 Å². The van der Waals surface area contributed by atoms with Crippen molar-refractivity contribution < 1.29 is 9.49 Å². The number of benzene rings is 1. The Bertz CT molecular complexity index is 614. The first-order valence-corrected chi connectivity index (χ1v) is 9.61. The Hall–Kier alpha value is -1.69. The summed E-state index contributed by atoms with van der Waals surface area (Å²) in [7, 11) is 0.700. The molecular weight excluding hydrogens is 246 g/mol. The Morgan fingerprint density at radius 3 is 2.61 bits per heavy atom. The van der Waals surface area contributed by atoms with Crippen LogP contribution in [-0.2, 0) is 13.2 Å². The summed E-state index contributed by atoms with van der Waals surface area (Å²) in [6, 6.07) is 5.03. The number of imidazole rings is 1. The van der Waals surface area contributed by atoms with E-state index in [1.165, 1.54) is 0 Å². The van der Waals surface area contributed by atoms with E-state index in [9.17, 15) is 10.1 Å². The summed E-state index contributed by atoms with van der Waals surface area (Å²) in [5, 5.41) is 10.8. The lowest BCUT2D eigenvalue weighted by Gasteiger charge is -2.12. The SMILES string of the molecule is C[n+]1cn(C[Si](C)(C)C)c2cc([N+](=O)[O-])ccc21. The number of aryl methyl sites for hydroxylation is 1. The standard InChI is InChI=1S/C12H18N3O2Si/c1-13-8-14(9-18(2,3)4)12-7-10(15(16)17)5-6-11(12)13/h5-8H,9H2,1-4H3/q+1. The molecule has 2 aromatic rings. The molecule has 0 atom stereocenters. The highest BCUT2D eigenvalue weighted by atomic mass is 28.3. The number of aromatic nitrogens is 2. The highest BCUT2D eigenvalue weighted by Crippen LogP contribution is 2.20. The van der Waals surface area contributed by atoms with Crippen LogP contribution in [0.1, 0.15) is 0 Å². The van der Waals surface area contributed by atoms with Crippen LogP contribution >= 0.6 is 0 Å². The topological polar surface area (TPSA) is 52.0 Å². The first-order valence-electron chi connectivity index (χ1n) is 5.91. The monoisotopic (exact) mass is 264 g/mol. The molecule has 0 aliphatic carbocycles. The quantitative estimate of drug-likeness (QED) is 0.369. The van der Waals surface area contributed by atoms with E-state index in [1.807, 2.05) is 24.0 Å². The van der Waals surface area contributed by atoms with Gasteiger partial charge in [0.1, 0.15) is 0 Å². The number of nitro benzene ring substituents is 1. The van der Waals surface area contributed by atoms with E-state index in [-0.39, 0.29) is 10.6 Å². The maximum absolute atomic E-state index is 10.8. The molecule has 0 saturated heterocycles. The second kappa shape index (κ2) is 4.20. The highest BCUT2D eigenvalue weighted by Gasteiger charge is 2.23. The minimum Gasteiger partial charge on any atom is -0.258 e. The lowest BCUT2D eigenvalue weighted by Crippen LogP contribution is -2.30. The summed E-state index contributed by atoms with van der Waals surface area (Å²) < 4.78 is 4.15. The van der Waals surface area contributed by atoms with Gasteiger partial charge in [0.05, 0.1) is 32.3 Å². The number of rotatable bonds is 3. The fourth-order valence-corrected chi connectivity index (χ4v) is 3.40. The van der Waals surface area contributed by atoms with Crippen molar-refractivity contribution in [2.45, 2.75) is 25.8 Å². The number of fused-ring (bicyclic) bond motifs is 1. The zero-order chi connectivity index (χ0) is 13.5. The van der Waals surface area contributed by atoms with Crippen LogP contribution in [0.15, 0.2) is 24.5 Å². The number of nitrogens with zero attached hydrogens (tertiary/aromatic N) is 3. The molecular formula is C12H18N3O2Si+. The van der Waals surface area contributed by atoms with Crippen LogP contribution in [0.2, 0.25) is 19.6 Å². The van der Waals surface area contributed by atoms with Crippen LogP contribution in [0.5, 0.6) is 0 Å². The predicted octanol–water partition coefficient (Wildman–Crippen LogP) is 2.25. The molecule has 1 aromatic carbocycles. The van der Waals surface area contributed by atoms with Crippen LogP contribution in [0.25, 0.3) is 11.0 Å². The molecule has 0 aliphatic rings. The maximum Gasteiger partial charge on any atom is 0.273 e. The van der Waals surface area contributed by atoms with Gasteiger partial charge in [0, 0.05) is 6.07 Å². The molecule has 0 spiro atoms. The largest absolute Gasteiger partial charge is 0.273 e. The molecule has 18 heavy (non-hydrogen) atoms. The molecule has 1 aromatic heterocycles. The fourth-order valence-electron chi connectivity index (χ4n) is 2.12. The van der Waals surface area contributed by atoms with Crippen molar-refractivity contribution in [1.82, 2.24) is 4.57 Å². The van der Waals surface area contributed by atoms with Gasteiger partial charge in [-0.15, -0.1) is 0 Å². The summed E-state index contributed by atoms with van der Waals surface area (Å²) in [6.07, 6.45) is 2.98. The Morgan fingerprint density at radius 1 is 1.39 bits per heavy atom. The molecule has 0 N–H and O–H groups in total. The van der Waals surface area contributed by atoms with Gasteiger partial charge in [-0.3, -0.25) is 10.1 Å². The number of hydrogen-bond donors (Lipinski definition) is 0. The number of hydrogen-bond acceptors (Lipinski definition) is 2. The van der Waals surface area contributed by atoms with E-state index >= 15 is 0 Å². The Labute approximate surface area is 107 Å². The van der Waals surface area contributed by atoms with Crippen LogP contribution in [-0.4, -0.2) is 17.6 Å². The van der Waals surface area contributed by atoms with E-state index in [4.69, 9.17) is 0 Å². The van der Waals surface area contributed by atoms with Gasteiger partial charge < -0.3 is 0 Å². The third kappa shape index (κ3) is 2.43. The van der Waals surface area contributed by atoms with Gasteiger partial charge in [-0.1, -0.05) is 19.6 Å². The summed E-state index contributed by atoms with van der Waals surface area (Å²) in [6.45, 7) is 6.86. The Kier molecular flexibility index (Phi) is 2.98. The zero-order valence-corrected chi connectivity index (χ0v) is 12.2. The van der Waals surface area contributed by atoms with Crippen molar-refractivity contribution in [1.29, 1.82) is 0 Å². The molecule has 0 fully saturated rings. The summed E-state index contributed by atoms with van der Waals surface area (Å²) in [5.74, 6) is 0. The molecule has 6 heteroatoms. The molecule has 2 rings (SSSR count). The van der Waals surface area contributed by atoms with Gasteiger partial charge in [-0.25, -0.2) is 9.13 Å². The van der Waals surface area contributed by atoms with Gasteiger partial charge in [0.15, 0.2) is 11.0 Å². The minimum atomic E-state index is -1.27. The van der Waals surface area contributed by atoms with E-state index in [0.717, 1.165) is 17.2 Å². The molecule has 0 saturated carbocycles. The molecule has 0 bridgehead atoms. The third-order valence-electron chi connectivity index (χ3n) is 2.82. The zero-order valence-electron chi connectivity index (χ0n) is 11.2. The number of non-ortho nitro benzene ring substituents is 1. The molecule has 5 nitrogen and oxygen atoms in total. The van der Waals surface area contributed by atoms with Crippen LogP contribution < -0.4 is 4.57 Å². The third-order valence-corrected chi connectivity index (χ3v) is 4.11. The number of nitro groups is 1. The molecule has 96 valence electrons. The molecule has 0 radical (unpaired) electrons. The van der Waals surface area contributed by atoms with Gasteiger partial charge in [-0.05, 0) is 6.07 Å². The second-order valence-electron chi connectivity index (χ2n) is 5.85. The first kappa shape index (κ1) is 12.8. The van der Waals surface area contributed by atoms with Crippen molar-refractivity contribution >= 4 is 24.8 Å². The summed E-state index contributed by atoms with van der Waals surface area (Å²) in [5.41, 5.74) is 2.12. The summed E-state index contributed by atoms with van der Waals surface area (Å²) in [4.78, 5) is 10.5. The van der Waals surface area contributed by atoms with Crippen molar-refractivity contribution in [3.8, 4) is 0 Å². The summed E-state index contributed by atoms with van der Waals surface area (Å²) >= 11 is 0. The normalized spacial score (nSPS) is 12.0. The van der Waals surface area contributed by atoms with Crippen LogP contribution in [0.3, 0.4) is 0 Å². The second-order valence-corrected chi connectivity index (χ2v) is 11.3. The molecule has 0 unspecified atom stereocenters. The Balaban J connectivity index is 2.59. The van der Waals surface area contributed by atoms with E-state index in [1.54, 1.807) is 12.1 Å². The van der Waals surface area contributed by atoms with Gasteiger partial charge in [-0.2, -0.15) is 0 Å². The van der Waals surface area contributed by atoms with Gasteiger partial charge in [0.25, 0.3) is 5.69 Å². The highest BCUT2D eigenvalue weighted by molar-refractivity contribution is 6.75. The smallest absolute Gasteiger partial charge is 0.258 e. The van der Waals surface area contributed by atoms with Gasteiger partial charge >= 0.3 is 0 Å². The van der Waals surface area contributed by atoms with E-state index in [2.05, 4.69) is 24.2 Å². The average Bonchev–Trinajstić information content (AvgIpc) is 2.53. The van der Waals surface area contributed by atoms with Crippen molar-refractivity contribution in [2.24, 2.45) is 7.05 Å². The first-order chi connectivity index (χ1) is 8.28. The van der Waals surface area contributed by atoms with E-state index < -0.39 is 8.07 Å². The van der Waals surface area contributed by atoms with Crippen molar-refractivity contribution in [3.05, 3.63) is 34.6 Å². The van der Waals surface area contributed by atoms with Crippen molar-refractivity contribution in [2.75, 3.05) is 0 Å². The fraction of sp³-hybridized carbons (Fsp3) is 0.417. The molecule has 0 aliphatic heterocycles. The van der Waals surface area contributed by atoms with Crippen LogP contribution in [0.4, 0.5) is 5.69 Å².